The molecule has 2 aromatic carbocycles. The highest BCUT2D eigenvalue weighted by atomic mass is 16.6. The average molecular weight is 383 g/mol. The Hall–Kier alpha value is -3.75. The van der Waals surface area contributed by atoms with E-state index >= 15 is 0 Å². The fraction of sp³-hybridized carbons (Fsp3) is 0.211. The van der Waals surface area contributed by atoms with Crippen molar-refractivity contribution in [1.29, 1.82) is 0 Å². The molecule has 1 atom stereocenters. The summed E-state index contributed by atoms with van der Waals surface area (Å²) in [6.45, 7) is 0.370. The van der Waals surface area contributed by atoms with E-state index < -0.39 is 28.7 Å². The van der Waals surface area contributed by atoms with E-state index in [4.69, 9.17) is 0 Å². The van der Waals surface area contributed by atoms with Gasteiger partial charge in [-0.25, -0.2) is 4.79 Å². The number of carboxylic acid groups (broad SMARTS) is 1. The number of nitrogens with zero attached hydrogens (tertiary/aromatic N) is 2. The van der Waals surface area contributed by atoms with Crippen molar-refractivity contribution in [2.24, 2.45) is 0 Å². The number of carbonyl (C=O) groups excluding carboxylic acids is 2. The second-order valence-electron chi connectivity index (χ2n) is 6.30. The van der Waals surface area contributed by atoms with Gasteiger partial charge in [-0.3, -0.25) is 19.7 Å². The van der Waals surface area contributed by atoms with Crippen LogP contribution in [0, 0.1) is 10.1 Å². The first-order valence-corrected chi connectivity index (χ1v) is 8.57. The van der Waals surface area contributed by atoms with Crippen LogP contribution in [-0.4, -0.2) is 45.3 Å². The van der Waals surface area contributed by atoms with Crippen molar-refractivity contribution >= 4 is 29.2 Å². The number of rotatable bonds is 5. The van der Waals surface area contributed by atoms with Gasteiger partial charge in [0.25, 0.3) is 11.6 Å². The number of hydrogen-bond donors (Lipinski definition) is 2. The summed E-state index contributed by atoms with van der Waals surface area (Å²) in [4.78, 5) is 48.3. The third-order valence-electron chi connectivity index (χ3n) is 4.56. The maximum atomic E-state index is 12.8. The molecule has 2 amide bonds. The predicted molar refractivity (Wildman–Crippen MR) is 99.2 cm³/mol. The average Bonchev–Trinajstić information content (AvgIpc) is 3.17. The zero-order valence-corrected chi connectivity index (χ0v) is 14.7. The highest BCUT2D eigenvalue weighted by Crippen LogP contribution is 2.24. The molecular weight excluding hydrogens is 366 g/mol. The standard InChI is InChI=1S/C19H17N3O6/c23-17(20-15-5-2-1-4-14(15)19(25)26)16-6-3-11-21(16)18(24)12-7-9-13(10-8-12)22(27)28/h1-2,4-5,7-10,16H,3,6,11H2,(H,20,23)(H,25,26)/t16-/m1/s1. The summed E-state index contributed by atoms with van der Waals surface area (Å²) in [6, 6.07) is 10.5. The normalized spacial score (nSPS) is 15.9. The van der Waals surface area contributed by atoms with Crippen molar-refractivity contribution in [1.82, 2.24) is 4.90 Å². The zero-order valence-electron chi connectivity index (χ0n) is 14.7. The summed E-state index contributed by atoms with van der Waals surface area (Å²) in [7, 11) is 0. The summed E-state index contributed by atoms with van der Waals surface area (Å²) in [5, 5.41) is 22.6. The van der Waals surface area contributed by atoms with Gasteiger partial charge in [-0.05, 0) is 37.1 Å². The molecule has 0 spiro atoms. The molecule has 1 fully saturated rings. The molecule has 28 heavy (non-hydrogen) atoms. The van der Waals surface area contributed by atoms with Crippen LogP contribution in [0.2, 0.25) is 0 Å². The minimum absolute atomic E-state index is 0.0397. The molecule has 9 heteroatoms. The lowest BCUT2D eigenvalue weighted by Gasteiger charge is -2.24. The van der Waals surface area contributed by atoms with Crippen LogP contribution in [0.25, 0.3) is 0 Å². The van der Waals surface area contributed by atoms with Gasteiger partial charge in [-0.2, -0.15) is 0 Å². The first-order chi connectivity index (χ1) is 13.4. The summed E-state index contributed by atoms with van der Waals surface area (Å²) < 4.78 is 0. The Kier molecular flexibility index (Phi) is 5.35. The molecule has 0 unspecified atom stereocenters. The van der Waals surface area contributed by atoms with E-state index in [1.807, 2.05) is 0 Å². The topological polar surface area (TPSA) is 130 Å². The van der Waals surface area contributed by atoms with Gasteiger partial charge in [0, 0.05) is 24.2 Å². The number of hydrogen-bond acceptors (Lipinski definition) is 5. The number of likely N-dealkylation sites (tertiary alicyclic amines) is 1. The van der Waals surface area contributed by atoms with E-state index in [9.17, 15) is 29.6 Å². The molecule has 1 aliphatic rings. The molecule has 0 aromatic heterocycles. The molecule has 0 bridgehead atoms. The van der Waals surface area contributed by atoms with Crippen LogP contribution < -0.4 is 5.32 Å². The van der Waals surface area contributed by atoms with Crippen LogP contribution >= 0.6 is 0 Å². The highest BCUT2D eigenvalue weighted by Gasteiger charge is 2.35. The number of aromatic carboxylic acids is 1. The van der Waals surface area contributed by atoms with Crippen molar-refractivity contribution in [3.05, 3.63) is 69.8 Å². The molecular formula is C19H17N3O6. The summed E-state index contributed by atoms with van der Waals surface area (Å²) in [6.07, 6.45) is 1.07. The van der Waals surface area contributed by atoms with E-state index in [0.29, 0.717) is 19.4 Å². The van der Waals surface area contributed by atoms with Gasteiger partial charge in [0.05, 0.1) is 16.2 Å². The molecule has 2 aromatic rings. The molecule has 144 valence electrons. The minimum Gasteiger partial charge on any atom is -0.478 e. The van der Waals surface area contributed by atoms with Crippen molar-refractivity contribution in [3.8, 4) is 0 Å². The maximum Gasteiger partial charge on any atom is 0.337 e. The SMILES string of the molecule is O=C(O)c1ccccc1NC(=O)[C@H]1CCCN1C(=O)c1ccc([N+](=O)[O-])cc1. The predicted octanol–water partition coefficient (Wildman–Crippen LogP) is 2.54. The molecule has 3 rings (SSSR count). The number of para-hydroxylation sites is 1. The maximum absolute atomic E-state index is 12.8. The lowest BCUT2D eigenvalue weighted by Crippen LogP contribution is -2.43. The number of nitrogens with one attached hydrogen (secondary N) is 1. The van der Waals surface area contributed by atoms with E-state index in [1.54, 1.807) is 12.1 Å². The highest BCUT2D eigenvalue weighted by molar-refractivity contribution is 6.04. The van der Waals surface area contributed by atoms with Gasteiger partial charge in [0.2, 0.25) is 5.91 Å². The fourth-order valence-corrected chi connectivity index (χ4v) is 3.17. The summed E-state index contributed by atoms with van der Waals surface area (Å²) >= 11 is 0. The van der Waals surface area contributed by atoms with Crippen LogP contribution in [0.1, 0.15) is 33.6 Å². The van der Waals surface area contributed by atoms with Crippen LogP contribution in [0.3, 0.4) is 0 Å². The third-order valence-corrected chi connectivity index (χ3v) is 4.56. The fourth-order valence-electron chi connectivity index (χ4n) is 3.17. The lowest BCUT2D eigenvalue weighted by molar-refractivity contribution is -0.384. The number of carboxylic acids is 1. The van der Waals surface area contributed by atoms with E-state index in [0.717, 1.165) is 0 Å². The zero-order chi connectivity index (χ0) is 20.3. The van der Waals surface area contributed by atoms with E-state index in [1.165, 1.54) is 41.3 Å². The Labute approximate surface area is 159 Å². The Morgan fingerprint density at radius 1 is 1.11 bits per heavy atom. The Bertz CT molecular complexity index is 941. The number of non-ortho nitro benzene ring substituents is 1. The van der Waals surface area contributed by atoms with Crippen molar-refractivity contribution < 1.29 is 24.4 Å². The Morgan fingerprint density at radius 3 is 2.43 bits per heavy atom. The molecule has 9 nitrogen and oxygen atoms in total. The van der Waals surface area contributed by atoms with Gasteiger partial charge < -0.3 is 15.3 Å². The summed E-state index contributed by atoms with van der Waals surface area (Å²) in [5.74, 6) is -2.04. The summed E-state index contributed by atoms with van der Waals surface area (Å²) in [5.41, 5.74) is 0.241. The smallest absolute Gasteiger partial charge is 0.337 e. The molecule has 1 saturated heterocycles. The van der Waals surface area contributed by atoms with Crippen molar-refractivity contribution in [2.75, 3.05) is 11.9 Å². The van der Waals surface area contributed by atoms with Gasteiger partial charge in [-0.15, -0.1) is 0 Å². The quantitative estimate of drug-likeness (QED) is 0.603. The monoisotopic (exact) mass is 383 g/mol. The largest absolute Gasteiger partial charge is 0.478 e. The number of benzene rings is 2. The van der Waals surface area contributed by atoms with Gasteiger partial charge in [0.1, 0.15) is 6.04 Å². The molecule has 1 aliphatic heterocycles. The number of carbonyl (C=O) groups is 3. The molecule has 0 aliphatic carbocycles. The lowest BCUT2D eigenvalue weighted by atomic mass is 10.1. The number of nitro benzene ring substituents is 1. The van der Waals surface area contributed by atoms with Crippen molar-refractivity contribution in [2.45, 2.75) is 18.9 Å². The Morgan fingerprint density at radius 2 is 1.79 bits per heavy atom. The number of amides is 2. The first kappa shape index (κ1) is 19.0. The van der Waals surface area contributed by atoms with Crippen LogP contribution in [-0.2, 0) is 4.79 Å². The van der Waals surface area contributed by atoms with Crippen LogP contribution in [0.5, 0.6) is 0 Å². The second kappa shape index (κ2) is 7.87. The van der Waals surface area contributed by atoms with Crippen molar-refractivity contribution in [3.63, 3.8) is 0 Å². The number of nitro groups is 1. The third kappa shape index (κ3) is 3.83. The molecule has 1 heterocycles. The van der Waals surface area contributed by atoms with Crippen LogP contribution in [0.15, 0.2) is 48.5 Å². The molecule has 0 saturated carbocycles. The Balaban J connectivity index is 1.77. The molecule has 2 N–H and O–H groups in total. The van der Waals surface area contributed by atoms with Crippen LogP contribution in [0.4, 0.5) is 11.4 Å². The molecule has 0 radical (unpaired) electrons. The van der Waals surface area contributed by atoms with E-state index in [-0.39, 0.29) is 22.5 Å². The second-order valence-corrected chi connectivity index (χ2v) is 6.30. The number of anilines is 1. The first-order valence-electron chi connectivity index (χ1n) is 8.57. The van der Waals surface area contributed by atoms with Gasteiger partial charge in [-0.1, -0.05) is 12.1 Å². The van der Waals surface area contributed by atoms with Gasteiger partial charge in [0.15, 0.2) is 0 Å². The van der Waals surface area contributed by atoms with E-state index in [2.05, 4.69) is 5.32 Å². The minimum atomic E-state index is -1.17. The van der Waals surface area contributed by atoms with Gasteiger partial charge >= 0.3 is 5.97 Å².